The zero-order chi connectivity index (χ0) is 21.8. The van der Waals surface area contributed by atoms with Gasteiger partial charge in [-0.05, 0) is 28.8 Å². The van der Waals surface area contributed by atoms with E-state index in [0.717, 1.165) is 35.4 Å². The van der Waals surface area contributed by atoms with E-state index in [1.807, 2.05) is 54.7 Å². The highest BCUT2D eigenvalue weighted by Gasteiger charge is 2.20. The van der Waals surface area contributed by atoms with Gasteiger partial charge in [-0.15, -0.1) is 0 Å². The van der Waals surface area contributed by atoms with Gasteiger partial charge in [-0.2, -0.15) is 0 Å². The minimum Gasteiger partial charge on any atom is -0.382 e. The van der Waals surface area contributed by atoms with Crippen molar-refractivity contribution in [1.29, 1.82) is 0 Å². The van der Waals surface area contributed by atoms with Crippen molar-refractivity contribution in [2.24, 2.45) is 0 Å². The van der Waals surface area contributed by atoms with Gasteiger partial charge in [0.25, 0.3) is 0 Å². The Morgan fingerprint density at radius 2 is 1.31 bits per heavy atom. The number of aliphatic hydroxyl groups excluding tert-OH is 1. The van der Waals surface area contributed by atoms with Gasteiger partial charge < -0.3 is 15.0 Å². The van der Waals surface area contributed by atoms with Gasteiger partial charge in [0.05, 0.1) is 11.2 Å². The second-order valence-corrected chi connectivity index (χ2v) is 7.95. The molecule has 0 aliphatic heterocycles. The van der Waals surface area contributed by atoms with Crippen molar-refractivity contribution in [1.82, 2.24) is 9.97 Å². The molecule has 4 heteroatoms. The Hall–Kier alpha value is -3.89. The summed E-state index contributed by atoms with van der Waals surface area (Å²) in [5, 5.41) is 12.2. The number of H-pyrrole nitrogens is 1. The van der Waals surface area contributed by atoms with Crippen molar-refractivity contribution >= 4 is 16.7 Å². The van der Waals surface area contributed by atoms with Gasteiger partial charge in [0.1, 0.15) is 11.9 Å². The first-order valence-electron chi connectivity index (χ1n) is 10.8. The number of benzene rings is 3. The van der Waals surface area contributed by atoms with Crippen LogP contribution in [0.5, 0.6) is 0 Å². The van der Waals surface area contributed by atoms with Gasteiger partial charge in [-0.25, -0.2) is 4.98 Å². The fourth-order valence-corrected chi connectivity index (χ4v) is 4.05. The van der Waals surface area contributed by atoms with E-state index in [2.05, 4.69) is 64.5 Å². The molecule has 0 saturated carbocycles. The summed E-state index contributed by atoms with van der Waals surface area (Å²) < 4.78 is 0. The van der Waals surface area contributed by atoms with Gasteiger partial charge in [0, 0.05) is 24.7 Å². The molecule has 0 fully saturated rings. The first-order chi connectivity index (χ1) is 15.8. The Balaban J connectivity index is 1.58. The number of aromatic amines is 1. The van der Waals surface area contributed by atoms with Crippen molar-refractivity contribution in [3.63, 3.8) is 0 Å². The van der Waals surface area contributed by atoms with Crippen LogP contribution in [-0.2, 0) is 13.1 Å². The van der Waals surface area contributed by atoms with Gasteiger partial charge in [0.15, 0.2) is 0 Å². The van der Waals surface area contributed by atoms with Crippen LogP contribution in [0.15, 0.2) is 109 Å². The average Bonchev–Trinajstić information content (AvgIpc) is 3.33. The fourth-order valence-electron chi connectivity index (χ4n) is 4.05. The highest BCUT2D eigenvalue weighted by atomic mass is 16.3. The van der Waals surface area contributed by atoms with Crippen molar-refractivity contribution in [3.05, 3.63) is 132 Å². The van der Waals surface area contributed by atoms with E-state index in [9.17, 15) is 5.11 Å². The standard InChI is InChI=1S/C28H25N3O/c32-28(23-14-8-3-9-15-23)27-26-24(16-17-29-26)18-25(30-27)31(19-21-10-4-1-5-11-21)20-22-12-6-2-7-13-22/h1-18,28-29,32H,19-20H2. The summed E-state index contributed by atoms with van der Waals surface area (Å²) in [5.74, 6) is 0.842. The van der Waals surface area contributed by atoms with Crippen LogP contribution in [0, 0.1) is 0 Å². The number of aliphatic hydroxyl groups is 1. The molecule has 2 heterocycles. The van der Waals surface area contributed by atoms with Crippen LogP contribution in [0.4, 0.5) is 5.82 Å². The second kappa shape index (κ2) is 9.08. The fraction of sp³-hybridized carbons (Fsp3) is 0.107. The molecule has 0 bridgehead atoms. The second-order valence-electron chi connectivity index (χ2n) is 7.95. The summed E-state index contributed by atoms with van der Waals surface area (Å²) in [7, 11) is 0. The van der Waals surface area contributed by atoms with E-state index in [1.54, 1.807) is 0 Å². The maximum absolute atomic E-state index is 11.2. The lowest BCUT2D eigenvalue weighted by Crippen LogP contribution is -2.24. The zero-order valence-corrected chi connectivity index (χ0v) is 17.7. The third kappa shape index (κ3) is 4.27. The van der Waals surface area contributed by atoms with Crippen LogP contribution in [0.2, 0.25) is 0 Å². The van der Waals surface area contributed by atoms with Gasteiger partial charge in [-0.3, -0.25) is 0 Å². The number of anilines is 1. The Morgan fingerprint density at radius 1 is 0.750 bits per heavy atom. The molecule has 32 heavy (non-hydrogen) atoms. The minimum absolute atomic E-state index is 0.639. The predicted molar refractivity (Wildman–Crippen MR) is 129 cm³/mol. The first kappa shape index (κ1) is 20.0. The SMILES string of the molecule is OC(c1ccccc1)c1nc(N(Cc2ccccc2)Cc2ccccc2)cc2cc[nH]c12. The summed E-state index contributed by atoms with van der Waals surface area (Å²) in [4.78, 5) is 10.5. The Morgan fingerprint density at radius 3 is 1.91 bits per heavy atom. The molecule has 158 valence electrons. The molecule has 3 aromatic carbocycles. The highest BCUT2D eigenvalue weighted by molar-refractivity contribution is 5.84. The van der Waals surface area contributed by atoms with Gasteiger partial charge >= 0.3 is 0 Å². The van der Waals surface area contributed by atoms with E-state index in [1.165, 1.54) is 11.1 Å². The smallest absolute Gasteiger partial charge is 0.130 e. The molecule has 0 aliphatic rings. The Bertz CT molecular complexity index is 1240. The van der Waals surface area contributed by atoms with Crippen LogP contribution in [0.3, 0.4) is 0 Å². The number of nitrogens with one attached hydrogen (secondary N) is 1. The van der Waals surface area contributed by atoms with Crippen molar-refractivity contribution in [2.45, 2.75) is 19.2 Å². The van der Waals surface area contributed by atoms with E-state index < -0.39 is 6.10 Å². The molecular formula is C28H25N3O. The zero-order valence-electron chi connectivity index (χ0n) is 17.7. The summed E-state index contributed by atoms with van der Waals surface area (Å²) in [6.45, 7) is 1.44. The summed E-state index contributed by atoms with van der Waals surface area (Å²) in [6.07, 6.45) is 1.09. The van der Waals surface area contributed by atoms with E-state index in [-0.39, 0.29) is 0 Å². The Labute approximate surface area is 187 Å². The topological polar surface area (TPSA) is 52.2 Å². The number of hydrogen-bond acceptors (Lipinski definition) is 3. The molecule has 5 aromatic rings. The lowest BCUT2D eigenvalue weighted by Gasteiger charge is -2.26. The molecule has 0 spiro atoms. The molecule has 4 nitrogen and oxygen atoms in total. The first-order valence-corrected chi connectivity index (χ1v) is 10.8. The molecule has 1 atom stereocenters. The van der Waals surface area contributed by atoms with E-state index in [4.69, 9.17) is 4.98 Å². The van der Waals surface area contributed by atoms with Crippen LogP contribution >= 0.6 is 0 Å². The van der Waals surface area contributed by atoms with Crippen molar-refractivity contribution < 1.29 is 5.11 Å². The molecule has 5 rings (SSSR count). The van der Waals surface area contributed by atoms with Crippen LogP contribution in [0.1, 0.15) is 28.5 Å². The van der Waals surface area contributed by atoms with Crippen LogP contribution < -0.4 is 4.90 Å². The average molecular weight is 420 g/mol. The summed E-state index contributed by atoms with van der Waals surface area (Å²) >= 11 is 0. The third-order valence-electron chi connectivity index (χ3n) is 5.69. The van der Waals surface area contributed by atoms with E-state index >= 15 is 0 Å². The maximum Gasteiger partial charge on any atom is 0.130 e. The molecule has 2 N–H and O–H groups in total. The van der Waals surface area contributed by atoms with Gasteiger partial charge in [-0.1, -0.05) is 91.0 Å². The molecule has 2 aromatic heterocycles. The quantitative estimate of drug-likeness (QED) is 0.348. The van der Waals surface area contributed by atoms with E-state index in [0.29, 0.717) is 5.69 Å². The molecule has 0 saturated heterocycles. The van der Waals surface area contributed by atoms with Gasteiger partial charge in [0.2, 0.25) is 0 Å². The number of nitrogens with zero attached hydrogens (tertiary/aromatic N) is 2. The molecule has 0 aliphatic carbocycles. The highest BCUT2D eigenvalue weighted by Crippen LogP contribution is 2.31. The number of aromatic nitrogens is 2. The molecule has 1 unspecified atom stereocenters. The normalized spacial score (nSPS) is 12.0. The third-order valence-corrected chi connectivity index (χ3v) is 5.69. The largest absolute Gasteiger partial charge is 0.382 e. The number of hydrogen-bond donors (Lipinski definition) is 2. The Kier molecular flexibility index (Phi) is 5.69. The maximum atomic E-state index is 11.2. The van der Waals surface area contributed by atoms with Crippen molar-refractivity contribution in [2.75, 3.05) is 4.90 Å². The molecule has 0 radical (unpaired) electrons. The molecule has 0 amide bonds. The monoisotopic (exact) mass is 419 g/mol. The lowest BCUT2D eigenvalue weighted by molar-refractivity contribution is 0.217. The number of rotatable bonds is 7. The lowest BCUT2D eigenvalue weighted by atomic mass is 10.0. The molecular weight excluding hydrogens is 394 g/mol. The minimum atomic E-state index is -0.812. The summed E-state index contributed by atoms with van der Waals surface area (Å²) in [6, 6.07) is 34.6. The number of pyridine rings is 1. The van der Waals surface area contributed by atoms with Crippen LogP contribution in [-0.4, -0.2) is 15.1 Å². The van der Waals surface area contributed by atoms with Crippen molar-refractivity contribution in [3.8, 4) is 0 Å². The predicted octanol–water partition coefficient (Wildman–Crippen LogP) is 5.85. The number of fused-ring (bicyclic) bond motifs is 1. The van der Waals surface area contributed by atoms with Crippen LogP contribution in [0.25, 0.3) is 10.9 Å². The summed E-state index contributed by atoms with van der Waals surface area (Å²) in [5.41, 5.74) is 4.75.